The number of nitrogens with one attached hydrogen (secondary N) is 6. The largest absolute Gasteiger partial charge is 0.457 e. The van der Waals surface area contributed by atoms with E-state index in [1.165, 1.54) is 0 Å². The standard InChI is InChI=1S/C53H88N6O23/c1-26(61)71-33(21-22-54-44(66)78-49(4,5)6)41(65)56-31-23-32(58-47(69)81-52(13,14)15)38(76-42-30(57-46(68)80-51(10,11)12)20-19-29(74-42)24-55-45(67)79-50(7,8)9)36(64)37(31)77-43-40(73-28(3)63)35(59-48(70)82-53(16,17)18)39(72-27(2)62)34(25-60)75-43/h25,29-40,42-43,64H,19-24H2,1-18H3,(H,54,66)(H,55,67)(H,56,65)(H,57,68)(H,58,69)(H,59,70)/t29?,30?,31-,32+,33+,34?,35+,36?,37+,38?,39-,40?,42-,43-/m1/s1. The normalized spacial score (nSPS) is 27.3. The van der Waals surface area contributed by atoms with Gasteiger partial charge in [0.2, 0.25) is 0 Å². The quantitative estimate of drug-likeness (QED) is 0.0588. The number of rotatable bonds is 18. The van der Waals surface area contributed by atoms with Crippen molar-refractivity contribution in [3.05, 3.63) is 0 Å². The lowest BCUT2D eigenvalue weighted by atomic mass is 9.83. The van der Waals surface area contributed by atoms with Gasteiger partial charge in [-0.1, -0.05) is 0 Å². The predicted molar refractivity (Wildman–Crippen MR) is 284 cm³/mol. The summed E-state index contributed by atoms with van der Waals surface area (Å²) in [5, 5.41) is 28.7. The number of carbonyl (C=O) groups is 10. The van der Waals surface area contributed by atoms with Crippen LogP contribution in [0.4, 0.5) is 24.0 Å². The predicted octanol–water partition coefficient (Wildman–Crippen LogP) is 3.35. The molecule has 2 saturated heterocycles. The highest BCUT2D eigenvalue weighted by Gasteiger charge is 2.56. The van der Waals surface area contributed by atoms with Crippen LogP contribution in [0.2, 0.25) is 0 Å². The van der Waals surface area contributed by atoms with E-state index in [4.69, 9.17) is 56.8 Å². The van der Waals surface area contributed by atoms with E-state index in [0.29, 0.717) is 0 Å². The van der Waals surface area contributed by atoms with Gasteiger partial charge < -0.3 is 98.6 Å². The smallest absolute Gasteiger partial charge is 0.408 e. The summed E-state index contributed by atoms with van der Waals surface area (Å²) in [6.07, 6.45) is -22.2. The molecule has 0 bridgehead atoms. The van der Waals surface area contributed by atoms with Crippen molar-refractivity contribution in [3.8, 4) is 0 Å². The molecule has 82 heavy (non-hydrogen) atoms. The Morgan fingerprint density at radius 3 is 1.44 bits per heavy atom. The molecule has 3 rings (SSSR count). The third-order valence-electron chi connectivity index (χ3n) is 11.3. The SMILES string of the molecule is CC(=O)OC1[C@@H](O[C@@H]2C(O)C(O[C@H]3OC(CNC(=O)OC(C)(C)C)CCC3NC(=O)OC(C)(C)C)[C@@H](NC(=O)OC(C)(C)C)C[C@H]2NC(=O)[C@H](CCNC(=O)OC(C)(C)C)OC(C)=O)OC(C=O)[C@@H](OC(C)=O)[C@@H]1NC(=O)OC(C)(C)C. The highest BCUT2D eigenvalue weighted by atomic mass is 16.7. The number of hydrogen-bond acceptors (Lipinski definition) is 23. The Kier molecular flexibility index (Phi) is 25.0. The van der Waals surface area contributed by atoms with Gasteiger partial charge in [0.15, 0.2) is 43.3 Å². The van der Waals surface area contributed by atoms with Crippen LogP contribution in [0, 0.1) is 0 Å². The van der Waals surface area contributed by atoms with E-state index in [0.717, 1.165) is 20.8 Å². The van der Waals surface area contributed by atoms with Gasteiger partial charge in [0.1, 0.15) is 52.4 Å². The fourth-order valence-corrected chi connectivity index (χ4v) is 8.54. The van der Waals surface area contributed by atoms with Gasteiger partial charge in [0.05, 0.1) is 24.2 Å². The summed E-state index contributed by atoms with van der Waals surface area (Å²) >= 11 is 0. The second-order valence-electron chi connectivity index (χ2n) is 24.9. The highest BCUT2D eigenvalue weighted by molar-refractivity contribution is 5.84. The van der Waals surface area contributed by atoms with Crippen LogP contribution in [0.15, 0.2) is 0 Å². The summed E-state index contributed by atoms with van der Waals surface area (Å²) < 4.78 is 69.6. The van der Waals surface area contributed by atoms with Gasteiger partial charge in [0.25, 0.3) is 5.91 Å². The number of ether oxygens (including phenoxy) is 12. The van der Waals surface area contributed by atoms with E-state index in [1.807, 2.05) is 0 Å². The second-order valence-corrected chi connectivity index (χ2v) is 24.9. The van der Waals surface area contributed by atoms with Gasteiger partial charge in [-0.05, 0) is 123 Å². The minimum Gasteiger partial charge on any atom is -0.457 e. The van der Waals surface area contributed by atoms with Crippen molar-refractivity contribution in [2.75, 3.05) is 13.1 Å². The molecule has 1 aliphatic carbocycles. The molecule has 0 radical (unpaired) electrons. The summed E-state index contributed by atoms with van der Waals surface area (Å²) in [6.45, 7) is 26.8. The number of carbonyl (C=O) groups excluding carboxylic acids is 10. The third kappa shape index (κ3) is 25.0. The van der Waals surface area contributed by atoms with Gasteiger partial charge in [0, 0.05) is 40.3 Å². The van der Waals surface area contributed by atoms with Gasteiger partial charge in [-0.15, -0.1) is 0 Å². The third-order valence-corrected chi connectivity index (χ3v) is 11.3. The van der Waals surface area contributed by atoms with Crippen molar-refractivity contribution >= 4 is 60.6 Å². The van der Waals surface area contributed by atoms with Crippen LogP contribution >= 0.6 is 0 Å². The molecule has 0 aromatic heterocycles. The summed E-state index contributed by atoms with van der Waals surface area (Å²) in [4.78, 5) is 132. The zero-order valence-corrected chi connectivity index (χ0v) is 50.3. The van der Waals surface area contributed by atoms with E-state index < -0.39 is 174 Å². The zero-order chi connectivity index (χ0) is 62.5. The van der Waals surface area contributed by atoms with Crippen LogP contribution in [0.1, 0.15) is 150 Å². The number of amides is 6. The lowest BCUT2D eigenvalue weighted by Gasteiger charge is -2.50. The first kappa shape index (κ1) is 70.0. The van der Waals surface area contributed by atoms with Crippen LogP contribution in [-0.2, 0) is 80.8 Å². The molecule has 468 valence electrons. The second kappa shape index (κ2) is 29.3. The molecule has 6 amide bonds. The van der Waals surface area contributed by atoms with Gasteiger partial charge >= 0.3 is 48.4 Å². The molecule has 7 N–H and O–H groups in total. The zero-order valence-electron chi connectivity index (χ0n) is 50.3. The first-order valence-corrected chi connectivity index (χ1v) is 27.0. The topological polar surface area (TPSA) is 374 Å². The van der Waals surface area contributed by atoms with E-state index in [2.05, 4.69) is 31.9 Å². The van der Waals surface area contributed by atoms with Crippen molar-refractivity contribution in [1.82, 2.24) is 31.9 Å². The lowest BCUT2D eigenvalue weighted by molar-refractivity contribution is -0.310. The number of alkyl carbamates (subject to hydrolysis) is 5. The first-order chi connectivity index (χ1) is 37.5. The number of hydrogen-bond donors (Lipinski definition) is 7. The molecule has 0 aromatic carbocycles. The van der Waals surface area contributed by atoms with Crippen molar-refractivity contribution in [2.24, 2.45) is 0 Å². The number of aliphatic hydroxyl groups excluding tert-OH is 1. The Labute approximate surface area is 478 Å². The molecule has 3 aliphatic rings. The van der Waals surface area contributed by atoms with Crippen LogP contribution < -0.4 is 31.9 Å². The Morgan fingerprint density at radius 2 is 0.963 bits per heavy atom. The Bertz CT molecular complexity index is 2230. The number of aldehydes is 1. The van der Waals surface area contributed by atoms with E-state index >= 15 is 0 Å². The molecule has 29 nitrogen and oxygen atoms in total. The molecule has 1 saturated carbocycles. The first-order valence-electron chi connectivity index (χ1n) is 27.0. The molecular formula is C53H88N6O23. The Hall–Kier alpha value is -6.30. The van der Waals surface area contributed by atoms with Gasteiger partial charge in [-0.25, -0.2) is 24.0 Å². The molecule has 2 heterocycles. The fourth-order valence-electron chi connectivity index (χ4n) is 8.54. The van der Waals surface area contributed by atoms with E-state index in [-0.39, 0.29) is 38.6 Å². The van der Waals surface area contributed by atoms with E-state index in [1.54, 1.807) is 104 Å². The molecule has 3 fully saturated rings. The maximum atomic E-state index is 14.5. The summed E-state index contributed by atoms with van der Waals surface area (Å²) in [6, 6.07) is -5.77. The van der Waals surface area contributed by atoms with Crippen LogP contribution in [0.3, 0.4) is 0 Å². The summed E-state index contributed by atoms with van der Waals surface area (Å²) in [5.41, 5.74) is -4.95. The molecular weight excluding hydrogens is 1090 g/mol. The van der Waals surface area contributed by atoms with Crippen molar-refractivity contribution in [1.29, 1.82) is 0 Å². The van der Waals surface area contributed by atoms with Crippen molar-refractivity contribution in [3.63, 3.8) is 0 Å². The molecule has 0 aromatic rings. The van der Waals surface area contributed by atoms with Crippen molar-refractivity contribution < 1.29 is 110 Å². The van der Waals surface area contributed by atoms with Crippen molar-refractivity contribution in [2.45, 2.75) is 264 Å². The Balaban J connectivity index is 2.32. The average molecular weight is 1180 g/mol. The molecule has 6 unspecified atom stereocenters. The number of esters is 3. The van der Waals surface area contributed by atoms with Gasteiger partial charge in [-0.3, -0.25) is 19.2 Å². The maximum absolute atomic E-state index is 14.5. The van der Waals surface area contributed by atoms with Gasteiger partial charge in [-0.2, -0.15) is 0 Å². The highest BCUT2D eigenvalue weighted by Crippen LogP contribution is 2.35. The minimum atomic E-state index is -2.12. The van der Waals surface area contributed by atoms with E-state index in [9.17, 15) is 53.1 Å². The summed E-state index contributed by atoms with van der Waals surface area (Å²) in [7, 11) is 0. The fraction of sp³-hybridized carbons (Fsp3) is 0.811. The average Bonchev–Trinajstić information content (AvgIpc) is 3.20. The lowest BCUT2D eigenvalue weighted by Crippen LogP contribution is -2.71. The minimum absolute atomic E-state index is 0.110. The van der Waals surface area contributed by atoms with Crippen LogP contribution in [0.5, 0.6) is 0 Å². The van der Waals surface area contributed by atoms with Crippen LogP contribution in [-0.4, -0.2) is 192 Å². The molecule has 0 spiro atoms. The molecule has 14 atom stereocenters. The maximum Gasteiger partial charge on any atom is 0.408 e. The number of aliphatic hydroxyl groups is 1. The Morgan fingerprint density at radius 1 is 0.524 bits per heavy atom. The summed E-state index contributed by atoms with van der Waals surface area (Å²) in [5.74, 6) is -3.92. The molecule has 2 aliphatic heterocycles. The van der Waals surface area contributed by atoms with Crippen LogP contribution in [0.25, 0.3) is 0 Å². The molecule has 29 heteroatoms. The monoisotopic (exact) mass is 1180 g/mol.